The second-order valence-electron chi connectivity index (χ2n) is 4.27. The van der Waals surface area contributed by atoms with Crippen molar-refractivity contribution in [3.63, 3.8) is 0 Å². The fraction of sp³-hybridized carbons (Fsp3) is 0.133. The van der Waals surface area contributed by atoms with E-state index in [0.717, 1.165) is 0 Å². The molecule has 0 unspecified atom stereocenters. The number of ether oxygens (including phenoxy) is 1. The van der Waals surface area contributed by atoms with Crippen molar-refractivity contribution in [3.05, 3.63) is 52.3 Å². The van der Waals surface area contributed by atoms with Gasteiger partial charge in [0.2, 0.25) is 0 Å². The molecule has 0 fully saturated rings. The zero-order valence-electron chi connectivity index (χ0n) is 11.3. The van der Waals surface area contributed by atoms with Gasteiger partial charge in [-0.1, -0.05) is 0 Å². The summed E-state index contributed by atoms with van der Waals surface area (Å²) in [5.41, 5.74) is 8.00. The van der Waals surface area contributed by atoms with Crippen molar-refractivity contribution in [2.24, 2.45) is 0 Å². The standard InChI is InChI=1S/C15H14BrFN2O2/c1-2-21-15(20)9-3-5-14(12(18)7-9)19-13-6-4-10(17)8-11(13)16/h3-8,19H,2,18H2,1H3. The molecule has 6 heteroatoms. The van der Waals surface area contributed by atoms with Crippen molar-refractivity contribution in [2.45, 2.75) is 6.92 Å². The molecule has 2 aromatic rings. The fourth-order valence-corrected chi connectivity index (χ4v) is 2.20. The van der Waals surface area contributed by atoms with Crippen molar-refractivity contribution >= 4 is 39.0 Å². The van der Waals surface area contributed by atoms with Crippen LogP contribution in [0.2, 0.25) is 0 Å². The molecule has 0 aliphatic heterocycles. The second-order valence-corrected chi connectivity index (χ2v) is 5.13. The van der Waals surface area contributed by atoms with Crippen LogP contribution in [0.15, 0.2) is 40.9 Å². The molecular formula is C15H14BrFN2O2. The number of carbonyl (C=O) groups excluding carboxylic acids is 1. The summed E-state index contributed by atoms with van der Waals surface area (Å²) < 4.78 is 18.5. The molecule has 0 atom stereocenters. The van der Waals surface area contributed by atoms with Crippen molar-refractivity contribution in [1.29, 1.82) is 0 Å². The number of hydrogen-bond acceptors (Lipinski definition) is 4. The molecule has 110 valence electrons. The van der Waals surface area contributed by atoms with E-state index in [4.69, 9.17) is 10.5 Å². The SMILES string of the molecule is CCOC(=O)c1ccc(Nc2ccc(F)cc2Br)c(N)c1. The molecule has 0 aliphatic carbocycles. The fourth-order valence-electron chi connectivity index (χ4n) is 1.75. The Morgan fingerprint density at radius 2 is 2.00 bits per heavy atom. The summed E-state index contributed by atoms with van der Waals surface area (Å²) >= 11 is 3.27. The lowest BCUT2D eigenvalue weighted by Gasteiger charge is -2.12. The monoisotopic (exact) mass is 352 g/mol. The highest BCUT2D eigenvalue weighted by molar-refractivity contribution is 9.10. The Morgan fingerprint density at radius 3 is 2.62 bits per heavy atom. The molecule has 2 rings (SSSR count). The van der Waals surface area contributed by atoms with Gasteiger partial charge < -0.3 is 15.8 Å². The van der Waals surface area contributed by atoms with E-state index >= 15 is 0 Å². The average Bonchev–Trinajstić information content (AvgIpc) is 2.44. The number of nitrogens with one attached hydrogen (secondary N) is 1. The highest BCUT2D eigenvalue weighted by Crippen LogP contribution is 2.29. The molecular weight excluding hydrogens is 339 g/mol. The van der Waals surface area contributed by atoms with Crippen LogP contribution >= 0.6 is 15.9 Å². The van der Waals surface area contributed by atoms with Crippen LogP contribution in [0, 0.1) is 5.82 Å². The number of benzene rings is 2. The van der Waals surface area contributed by atoms with Gasteiger partial charge in [0, 0.05) is 4.47 Å². The van der Waals surface area contributed by atoms with E-state index in [2.05, 4.69) is 21.2 Å². The van der Waals surface area contributed by atoms with Crippen molar-refractivity contribution in [3.8, 4) is 0 Å². The number of hydrogen-bond donors (Lipinski definition) is 2. The Balaban J connectivity index is 2.23. The lowest BCUT2D eigenvalue weighted by Crippen LogP contribution is -2.06. The summed E-state index contributed by atoms with van der Waals surface area (Å²) in [7, 11) is 0. The summed E-state index contributed by atoms with van der Waals surface area (Å²) in [6.45, 7) is 2.05. The predicted octanol–water partition coefficient (Wildman–Crippen LogP) is 4.09. The van der Waals surface area contributed by atoms with Crippen molar-refractivity contribution in [1.82, 2.24) is 0 Å². The molecule has 21 heavy (non-hydrogen) atoms. The third-order valence-corrected chi connectivity index (χ3v) is 3.42. The molecule has 2 aromatic carbocycles. The summed E-state index contributed by atoms with van der Waals surface area (Å²) in [6.07, 6.45) is 0. The first-order chi connectivity index (χ1) is 10.0. The first-order valence-corrected chi connectivity index (χ1v) is 7.09. The molecule has 0 heterocycles. The molecule has 3 N–H and O–H groups in total. The molecule has 0 amide bonds. The van der Waals surface area contributed by atoms with Crippen molar-refractivity contribution in [2.75, 3.05) is 17.7 Å². The predicted molar refractivity (Wildman–Crippen MR) is 84.2 cm³/mol. The molecule has 0 spiro atoms. The number of rotatable bonds is 4. The van der Waals surface area contributed by atoms with Crippen LogP contribution < -0.4 is 11.1 Å². The number of nitrogens with two attached hydrogens (primary N) is 1. The Morgan fingerprint density at radius 1 is 1.29 bits per heavy atom. The van der Waals surface area contributed by atoms with Gasteiger partial charge in [-0.15, -0.1) is 0 Å². The van der Waals surface area contributed by atoms with Crippen LogP contribution in [0.4, 0.5) is 21.5 Å². The van der Waals surface area contributed by atoms with E-state index in [0.29, 0.717) is 33.7 Å². The van der Waals surface area contributed by atoms with E-state index in [1.54, 1.807) is 25.1 Å². The molecule has 0 saturated heterocycles. The van der Waals surface area contributed by atoms with Crippen LogP contribution in [0.25, 0.3) is 0 Å². The zero-order valence-corrected chi connectivity index (χ0v) is 12.9. The van der Waals surface area contributed by atoms with Crippen LogP contribution in [0.5, 0.6) is 0 Å². The van der Waals surface area contributed by atoms with Gasteiger partial charge in [0.25, 0.3) is 0 Å². The van der Waals surface area contributed by atoms with E-state index in [1.807, 2.05) is 0 Å². The molecule has 0 aliphatic rings. The maximum Gasteiger partial charge on any atom is 0.338 e. The molecule has 4 nitrogen and oxygen atoms in total. The topological polar surface area (TPSA) is 64.3 Å². The smallest absolute Gasteiger partial charge is 0.338 e. The zero-order chi connectivity index (χ0) is 15.4. The highest BCUT2D eigenvalue weighted by Gasteiger charge is 2.10. The van der Waals surface area contributed by atoms with Gasteiger partial charge in [0.1, 0.15) is 5.82 Å². The van der Waals surface area contributed by atoms with Gasteiger partial charge in [-0.05, 0) is 59.3 Å². The number of nitrogen functional groups attached to an aromatic ring is 1. The highest BCUT2D eigenvalue weighted by atomic mass is 79.9. The quantitative estimate of drug-likeness (QED) is 0.642. The van der Waals surface area contributed by atoms with Crippen LogP contribution in [0.1, 0.15) is 17.3 Å². The number of halogens is 2. The van der Waals surface area contributed by atoms with E-state index in [9.17, 15) is 9.18 Å². The largest absolute Gasteiger partial charge is 0.462 e. The number of anilines is 3. The Bertz CT molecular complexity index is 677. The Hall–Kier alpha value is -2.08. The summed E-state index contributed by atoms with van der Waals surface area (Å²) in [6, 6.07) is 9.13. The minimum atomic E-state index is -0.418. The number of carbonyl (C=O) groups is 1. The Labute approximate surface area is 130 Å². The van der Waals surface area contributed by atoms with Gasteiger partial charge >= 0.3 is 5.97 Å². The first kappa shape index (κ1) is 15.3. The molecule has 0 aromatic heterocycles. The van der Waals surface area contributed by atoms with Gasteiger partial charge in [-0.3, -0.25) is 0 Å². The van der Waals surface area contributed by atoms with Gasteiger partial charge in [-0.2, -0.15) is 0 Å². The third-order valence-electron chi connectivity index (χ3n) is 2.76. The third kappa shape index (κ3) is 3.72. The van der Waals surface area contributed by atoms with E-state index in [-0.39, 0.29) is 5.82 Å². The number of esters is 1. The van der Waals surface area contributed by atoms with Gasteiger partial charge in [0.05, 0.1) is 29.2 Å². The average molecular weight is 353 g/mol. The minimum absolute atomic E-state index is 0.307. The Kier molecular flexibility index (Phi) is 4.80. The summed E-state index contributed by atoms with van der Waals surface area (Å²) in [4.78, 5) is 11.6. The summed E-state index contributed by atoms with van der Waals surface area (Å²) in [5.74, 6) is -0.753. The van der Waals surface area contributed by atoms with E-state index < -0.39 is 5.97 Å². The molecule has 0 saturated carbocycles. The van der Waals surface area contributed by atoms with Gasteiger partial charge in [-0.25, -0.2) is 9.18 Å². The second kappa shape index (κ2) is 6.58. The minimum Gasteiger partial charge on any atom is -0.462 e. The molecule has 0 radical (unpaired) electrons. The van der Waals surface area contributed by atoms with Crippen LogP contribution in [-0.4, -0.2) is 12.6 Å². The summed E-state index contributed by atoms with van der Waals surface area (Å²) in [5, 5.41) is 3.08. The van der Waals surface area contributed by atoms with Crippen LogP contribution in [0.3, 0.4) is 0 Å². The molecule has 0 bridgehead atoms. The lowest BCUT2D eigenvalue weighted by molar-refractivity contribution is 0.0526. The normalized spacial score (nSPS) is 10.2. The lowest BCUT2D eigenvalue weighted by atomic mass is 10.1. The van der Waals surface area contributed by atoms with Crippen molar-refractivity contribution < 1.29 is 13.9 Å². The maximum absolute atomic E-state index is 13.0. The maximum atomic E-state index is 13.0. The van der Waals surface area contributed by atoms with E-state index in [1.165, 1.54) is 18.2 Å². The van der Waals surface area contributed by atoms with Crippen LogP contribution in [-0.2, 0) is 4.74 Å². The van der Waals surface area contributed by atoms with Gasteiger partial charge in [0.15, 0.2) is 0 Å². The first-order valence-electron chi connectivity index (χ1n) is 6.30.